The smallest absolute Gasteiger partial charge is 0.153 e. The Morgan fingerprint density at radius 1 is 1.08 bits per heavy atom. The highest BCUT2D eigenvalue weighted by atomic mass is 15.2. The molecule has 134 valence electrons. The first kappa shape index (κ1) is 15.6. The Kier molecular flexibility index (Phi) is 3.56. The zero-order chi connectivity index (χ0) is 17.7. The highest BCUT2D eigenvalue weighted by molar-refractivity contribution is 5.90. The van der Waals surface area contributed by atoms with Crippen LogP contribution in [0.1, 0.15) is 43.0 Å². The molecule has 0 aliphatic carbocycles. The van der Waals surface area contributed by atoms with Crippen LogP contribution < -0.4 is 16.4 Å². The molecule has 0 amide bonds. The molecule has 5 heterocycles. The second-order valence-electron chi connectivity index (χ2n) is 7.56. The minimum Gasteiger partial charge on any atom is -0.383 e. The summed E-state index contributed by atoms with van der Waals surface area (Å²) in [4.78, 5) is 9.39. The number of hydrogen-bond donors (Lipinski definition) is 4. The minimum atomic E-state index is 0.488. The van der Waals surface area contributed by atoms with Crippen molar-refractivity contribution in [3.05, 3.63) is 35.7 Å². The van der Waals surface area contributed by atoms with Gasteiger partial charge in [-0.2, -0.15) is 5.10 Å². The fourth-order valence-corrected chi connectivity index (χ4v) is 4.37. The molecular weight excluding hydrogens is 326 g/mol. The van der Waals surface area contributed by atoms with Crippen LogP contribution in [0.4, 0.5) is 17.5 Å². The number of nitrogen functional groups attached to an aromatic ring is 1. The lowest BCUT2D eigenvalue weighted by molar-refractivity contribution is 0.359. The largest absolute Gasteiger partial charge is 0.383 e. The summed E-state index contributed by atoms with van der Waals surface area (Å²) in [5.41, 5.74) is 9.21. The van der Waals surface area contributed by atoms with E-state index in [-0.39, 0.29) is 0 Å². The van der Waals surface area contributed by atoms with Crippen LogP contribution in [0, 0.1) is 6.92 Å². The summed E-state index contributed by atoms with van der Waals surface area (Å²) in [5.74, 6) is 2.40. The molecule has 7 nitrogen and oxygen atoms in total. The van der Waals surface area contributed by atoms with Crippen LogP contribution in [0.3, 0.4) is 0 Å². The molecule has 0 saturated carbocycles. The maximum atomic E-state index is 6.17. The van der Waals surface area contributed by atoms with Crippen LogP contribution >= 0.6 is 0 Å². The second-order valence-corrected chi connectivity index (χ2v) is 7.56. The fraction of sp³-hybridized carbons (Fsp3) is 0.421. The number of pyridine rings is 2. The van der Waals surface area contributed by atoms with E-state index in [2.05, 4.69) is 37.9 Å². The van der Waals surface area contributed by atoms with Crippen LogP contribution in [-0.4, -0.2) is 32.2 Å². The lowest BCUT2D eigenvalue weighted by Crippen LogP contribution is -2.37. The number of nitrogens with zero attached hydrogens (tertiary/aromatic N) is 3. The molecular formula is C19H23N7. The van der Waals surface area contributed by atoms with Gasteiger partial charge in [0, 0.05) is 46.9 Å². The summed E-state index contributed by atoms with van der Waals surface area (Å²) >= 11 is 0. The minimum absolute atomic E-state index is 0.488. The first-order valence-corrected chi connectivity index (χ1v) is 9.26. The molecule has 1 unspecified atom stereocenters. The normalized spacial score (nSPS) is 24.9. The summed E-state index contributed by atoms with van der Waals surface area (Å²) in [5, 5.41) is 14.9. The molecule has 2 aliphatic heterocycles. The van der Waals surface area contributed by atoms with E-state index >= 15 is 0 Å². The van der Waals surface area contributed by atoms with Crippen LogP contribution in [0.5, 0.6) is 0 Å². The Hall–Kier alpha value is -2.67. The third-order valence-corrected chi connectivity index (χ3v) is 5.59. The van der Waals surface area contributed by atoms with Gasteiger partial charge in [-0.3, -0.25) is 10.1 Å². The topological polar surface area (TPSA) is 105 Å². The Morgan fingerprint density at radius 2 is 1.88 bits per heavy atom. The Balaban J connectivity index is 1.48. The molecule has 3 aromatic heterocycles. The van der Waals surface area contributed by atoms with E-state index in [1.54, 1.807) is 0 Å². The van der Waals surface area contributed by atoms with E-state index in [9.17, 15) is 0 Å². The fourth-order valence-electron chi connectivity index (χ4n) is 4.37. The molecule has 2 fully saturated rings. The number of H-pyrrole nitrogens is 1. The van der Waals surface area contributed by atoms with Crippen LogP contribution in [0.25, 0.3) is 10.9 Å². The van der Waals surface area contributed by atoms with E-state index in [0.717, 1.165) is 22.4 Å². The molecule has 3 aromatic rings. The second kappa shape index (κ2) is 5.95. The first-order chi connectivity index (χ1) is 12.6. The quantitative estimate of drug-likeness (QED) is 0.579. The van der Waals surface area contributed by atoms with Crippen molar-refractivity contribution in [2.45, 2.75) is 50.6 Å². The van der Waals surface area contributed by atoms with Crippen LogP contribution in [-0.2, 0) is 0 Å². The summed E-state index contributed by atoms with van der Waals surface area (Å²) in [6.07, 6.45) is 4.94. The number of aromatic amines is 1. The number of hydrogen-bond acceptors (Lipinski definition) is 6. The Morgan fingerprint density at radius 3 is 2.62 bits per heavy atom. The summed E-state index contributed by atoms with van der Waals surface area (Å²) in [6, 6.07) is 9.37. The van der Waals surface area contributed by atoms with Gasteiger partial charge in [-0.25, -0.2) is 4.98 Å². The molecule has 0 spiro atoms. The van der Waals surface area contributed by atoms with Gasteiger partial charge in [-0.1, -0.05) is 0 Å². The van der Waals surface area contributed by atoms with Crippen molar-refractivity contribution in [3.8, 4) is 0 Å². The zero-order valence-electron chi connectivity index (χ0n) is 14.8. The molecule has 5 N–H and O–H groups in total. The van der Waals surface area contributed by atoms with Gasteiger partial charge in [0.05, 0.1) is 5.52 Å². The number of nitrogens with two attached hydrogens (primary N) is 1. The molecule has 0 aromatic carbocycles. The van der Waals surface area contributed by atoms with Gasteiger partial charge >= 0.3 is 0 Å². The summed E-state index contributed by atoms with van der Waals surface area (Å²) < 4.78 is 0. The van der Waals surface area contributed by atoms with E-state index in [1.165, 1.54) is 31.4 Å². The van der Waals surface area contributed by atoms with Crippen LogP contribution in [0.15, 0.2) is 24.3 Å². The lowest BCUT2D eigenvalue weighted by atomic mass is 9.89. The van der Waals surface area contributed by atoms with E-state index in [4.69, 9.17) is 10.7 Å². The van der Waals surface area contributed by atoms with Crippen molar-refractivity contribution >= 4 is 28.4 Å². The Labute approximate surface area is 151 Å². The monoisotopic (exact) mass is 349 g/mol. The summed E-state index contributed by atoms with van der Waals surface area (Å²) in [7, 11) is 0. The predicted octanol–water partition coefficient (Wildman–Crippen LogP) is 2.99. The van der Waals surface area contributed by atoms with Gasteiger partial charge in [0.1, 0.15) is 11.6 Å². The third kappa shape index (κ3) is 2.78. The molecule has 2 bridgehead atoms. The van der Waals surface area contributed by atoms with Gasteiger partial charge in [-0.05, 0) is 44.7 Å². The van der Waals surface area contributed by atoms with Crippen molar-refractivity contribution in [3.63, 3.8) is 0 Å². The number of nitrogens with one attached hydrogen (secondary N) is 3. The van der Waals surface area contributed by atoms with E-state index in [1.807, 2.05) is 19.1 Å². The molecule has 0 radical (unpaired) electrons. The van der Waals surface area contributed by atoms with Crippen molar-refractivity contribution < 1.29 is 0 Å². The van der Waals surface area contributed by atoms with Crippen molar-refractivity contribution in [2.75, 3.05) is 11.1 Å². The zero-order valence-corrected chi connectivity index (χ0v) is 14.8. The number of piperidine rings is 1. The number of aryl methyl sites for hydroxylation is 1. The average Bonchev–Trinajstić information content (AvgIpc) is 3.18. The molecule has 2 saturated heterocycles. The number of anilines is 3. The summed E-state index contributed by atoms with van der Waals surface area (Å²) in [6.45, 7) is 1.96. The van der Waals surface area contributed by atoms with Gasteiger partial charge < -0.3 is 16.4 Å². The standard InChI is InChI=1S/C19H23N7/c1-10-6-18(26-25-10)23-17-9-16-14(19(20)24-17)4-5-15(22-16)11-7-12-2-3-13(8-11)21-12/h4-6,9,11-13,21H,2-3,7-8H2,1H3,(H4,20,23,24,25,26)/t11?,12-,13+. The van der Waals surface area contributed by atoms with Gasteiger partial charge in [0.2, 0.25) is 0 Å². The third-order valence-electron chi connectivity index (χ3n) is 5.59. The maximum absolute atomic E-state index is 6.17. The highest BCUT2D eigenvalue weighted by Crippen LogP contribution is 2.37. The van der Waals surface area contributed by atoms with E-state index < -0.39 is 0 Å². The molecule has 7 heteroatoms. The highest BCUT2D eigenvalue weighted by Gasteiger charge is 2.34. The maximum Gasteiger partial charge on any atom is 0.153 e. The Bertz CT molecular complexity index is 952. The van der Waals surface area contributed by atoms with Gasteiger partial charge in [0.15, 0.2) is 5.82 Å². The van der Waals surface area contributed by atoms with Gasteiger partial charge in [0.25, 0.3) is 0 Å². The lowest BCUT2D eigenvalue weighted by Gasteiger charge is -2.28. The first-order valence-electron chi connectivity index (χ1n) is 9.26. The van der Waals surface area contributed by atoms with Crippen molar-refractivity contribution in [2.24, 2.45) is 0 Å². The number of rotatable bonds is 3. The van der Waals surface area contributed by atoms with Crippen molar-refractivity contribution in [1.82, 2.24) is 25.5 Å². The number of fused-ring (bicyclic) bond motifs is 3. The molecule has 26 heavy (non-hydrogen) atoms. The van der Waals surface area contributed by atoms with Crippen LogP contribution in [0.2, 0.25) is 0 Å². The predicted molar refractivity (Wildman–Crippen MR) is 102 cm³/mol. The van der Waals surface area contributed by atoms with Gasteiger partial charge in [-0.15, -0.1) is 0 Å². The van der Waals surface area contributed by atoms with Crippen molar-refractivity contribution in [1.29, 1.82) is 0 Å². The molecule has 2 aliphatic rings. The molecule has 3 atom stereocenters. The SMILES string of the molecule is Cc1cc(Nc2cc3nc(C4C[C@H]5CC[C@@H](C4)N5)ccc3c(N)n2)n[nH]1. The average molecular weight is 349 g/mol. The van der Waals surface area contributed by atoms with E-state index in [0.29, 0.717) is 29.6 Å². The number of aromatic nitrogens is 4. The molecule has 5 rings (SSSR count).